The van der Waals surface area contributed by atoms with Crippen LogP contribution in [-0.2, 0) is 63.3 Å². The summed E-state index contributed by atoms with van der Waals surface area (Å²) in [6.07, 6.45) is 3.80. The average Bonchev–Trinajstić information content (AvgIpc) is 4.13. The summed E-state index contributed by atoms with van der Waals surface area (Å²) in [5.41, 5.74) is 3.16. The molecule has 19 heteroatoms. The maximum absolute atomic E-state index is 10.1. The minimum atomic E-state index is -1.80. The van der Waals surface area contributed by atoms with Gasteiger partial charge in [0.1, 0.15) is 35.3 Å². The number of carbonyl (C=O) groups excluding carboxylic acids is 9. The van der Waals surface area contributed by atoms with Crippen molar-refractivity contribution in [3.63, 3.8) is 0 Å². The van der Waals surface area contributed by atoms with Gasteiger partial charge in [-0.2, -0.15) is 0 Å². The van der Waals surface area contributed by atoms with Gasteiger partial charge in [-0.15, -0.1) is 34.0 Å². The zero-order chi connectivity index (χ0) is 52.6. The predicted octanol–water partition coefficient (Wildman–Crippen LogP) is 6.74. The molecular weight excluding hydrogens is 1170 g/mol. The topological polar surface area (TPSA) is 261 Å². The summed E-state index contributed by atoms with van der Waals surface area (Å²) in [5, 5.41) is 32.7. The van der Waals surface area contributed by atoms with Gasteiger partial charge in [0.05, 0.1) is 51.0 Å². The molecule has 0 fully saturated rings. The molecule has 0 atom stereocenters. The molecule has 0 amide bonds. The van der Waals surface area contributed by atoms with Crippen molar-refractivity contribution in [3.8, 4) is 31.7 Å². The van der Waals surface area contributed by atoms with Crippen LogP contribution >= 0.6 is 34.0 Å². The van der Waals surface area contributed by atoms with E-state index in [0.29, 0.717) is 0 Å². The van der Waals surface area contributed by atoms with Gasteiger partial charge < -0.3 is 29.7 Å². The number of ketones is 6. The molecule has 6 aromatic heterocycles. The number of Topliss-reactive ketones (excluding diaryl/α,β-unsaturated/α-hetero) is 6. The molecule has 6 heterocycles. The molecule has 0 saturated carbocycles. The summed E-state index contributed by atoms with van der Waals surface area (Å²) in [4.78, 5) is 106. The molecule has 0 aliphatic carbocycles. The minimum absolute atomic E-state index is 0. The average molecular weight is 1210 g/mol. The number of aliphatic carboxylic acids is 3. The summed E-state index contributed by atoms with van der Waals surface area (Å²) in [6, 6.07) is 49.9. The van der Waals surface area contributed by atoms with Crippen LogP contribution < -0.4 is 15.3 Å². The van der Waals surface area contributed by atoms with Gasteiger partial charge in [-0.05, 0) is 110 Å². The van der Waals surface area contributed by atoms with Gasteiger partial charge in [-0.3, -0.25) is 43.7 Å². The van der Waals surface area contributed by atoms with Crippen LogP contribution in [0.4, 0.5) is 0 Å². The second kappa shape index (κ2) is 30.7. The predicted molar refractivity (Wildman–Crippen MR) is 271 cm³/mol. The van der Waals surface area contributed by atoms with Crippen molar-refractivity contribution in [3.05, 3.63) is 164 Å². The molecule has 0 spiro atoms. The van der Waals surface area contributed by atoms with Crippen LogP contribution in [0.25, 0.3) is 62.0 Å². The zero-order valence-electron chi connectivity index (χ0n) is 39.0. The second-order valence-electron chi connectivity index (χ2n) is 14.9. The molecule has 0 unspecified atom stereocenters. The van der Waals surface area contributed by atoms with E-state index in [4.69, 9.17) is 0 Å². The SMILES string of the molecule is CC(=O)CC(=O)C(=O)[O-].CC(=O)CC(=O)C(=O)[O-].CC(=O)CC(=O)C(=O)[O-].[Ir+3].c1ccc(-c2cc3ccccc3s2)nc1.c1ccc(-c2cc3ccccc3s2)nc1.c1ccc(-c2cc3ccccc3s2)nc1. The first-order chi connectivity index (χ1) is 34.4. The molecular formula is C54H42IrN3O12S3. The van der Waals surface area contributed by atoms with E-state index in [2.05, 4.69) is 106 Å². The largest absolute Gasteiger partial charge is 3.00 e. The Morgan fingerprint density at radius 3 is 0.781 bits per heavy atom. The fourth-order valence-corrected chi connectivity index (χ4v) is 8.86. The molecule has 0 aliphatic rings. The number of aromatic nitrogens is 3. The van der Waals surface area contributed by atoms with Crippen LogP contribution in [0.2, 0.25) is 0 Å². The molecule has 0 aliphatic heterocycles. The molecule has 0 saturated heterocycles. The van der Waals surface area contributed by atoms with E-state index in [0.717, 1.165) is 37.9 Å². The monoisotopic (exact) mass is 1210 g/mol. The van der Waals surface area contributed by atoms with Crippen LogP contribution in [-0.4, -0.2) is 67.6 Å². The fourth-order valence-electron chi connectivity index (χ4n) is 5.74. The Kier molecular flexibility index (Phi) is 25.0. The molecule has 0 bridgehead atoms. The van der Waals surface area contributed by atoms with Gasteiger partial charge in [-0.1, -0.05) is 72.8 Å². The molecule has 9 aromatic rings. The van der Waals surface area contributed by atoms with E-state index in [1.807, 2.05) is 73.2 Å². The number of benzene rings is 3. The number of carboxylic acids is 3. The Bertz CT molecular complexity index is 2870. The number of fused-ring (bicyclic) bond motifs is 3. The first kappa shape index (κ1) is 59.4. The molecule has 15 nitrogen and oxygen atoms in total. The van der Waals surface area contributed by atoms with Crippen LogP contribution in [0.1, 0.15) is 40.0 Å². The number of pyridine rings is 3. The normalized spacial score (nSPS) is 9.74. The third-order valence-electron chi connectivity index (χ3n) is 8.94. The maximum Gasteiger partial charge on any atom is 3.00 e. The molecule has 73 heavy (non-hydrogen) atoms. The second-order valence-corrected chi connectivity index (χ2v) is 18.1. The zero-order valence-corrected chi connectivity index (χ0v) is 43.9. The number of carbonyl (C=O) groups is 9. The molecule has 0 radical (unpaired) electrons. The summed E-state index contributed by atoms with van der Waals surface area (Å²) < 4.78 is 3.95. The van der Waals surface area contributed by atoms with E-state index in [1.165, 1.54) is 44.9 Å². The third kappa shape index (κ3) is 20.7. The van der Waals surface area contributed by atoms with Gasteiger partial charge >= 0.3 is 20.1 Å². The smallest absolute Gasteiger partial charge is 0.542 e. The van der Waals surface area contributed by atoms with Gasteiger partial charge in [0, 0.05) is 32.7 Å². The number of hydrogen-bond donors (Lipinski definition) is 0. The Morgan fingerprint density at radius 1 is 0.370 bits per heavy atom. The van der Waals surface area contributed by atoms with Crippen LogP contribution in [0, 0.1) is 0 Å². The summed E-state index contributed by atoms with van der Waals surface area (Å²) in [7, 11) is 0. The van der Waals surface area contributed by atoms with Crippen molar-refractivity contribution >= 4 is 117 Å². The van der Waals surface area contributed by atoms with Crippen molar-refractivity contribution < 1.29 is 78.6 Å². The quantitative estimate of drug-likeness (QED) is 0.0906. The van der Waals surface area contributed by atoms with Gasteiger partial charge in [-0.25, -0.2) is 0 Å². The maximum atomic E-state index is 10.1. The number of thiophene rings is 3. The van der Waals surface area contributed by atoms with Gasteiger partial charge in [0.25, 0.3) is 0 Å². The van der Waals surface area contributed by atoms with Crippen molar-refractivity contribution in [1.82, 2.24) is 15.0 Å². The summed E-state index contributed by atoms with van der Waals surface area (Å²) in [6.45, 7) is 3.42. The van der Waals surface area contributed by atoms with E-state index < -0.39 is 71.9 Å². The number of carboxylic acid groups (broad SMARTS) is 3. The number of rotatable bonds is 12. The number of nitrogens with zero attached hydrogens (tertiary/aromatic N) is 3. The first-order valence-electron chi connectivity index (χ1n) is 21.3. The van der Waals surface area contributed by atoms with E-state index >= 15 is 0 Å². The van der Waals surface area contributed by atoms with Crippen LogP contribution in [0.15, 0.2) is 164 Å². The van der Waals surface area contributed by atoms with Crippen LogP contribution in [0.5, 0.6) is 0 Å². The molecule has 9 rings (SSSR count). The van der Waals surface area contributed by atoms with E-state index in [-0.39, 0.29) is 20.1 Å². The molecule has 372 valence electrons. The molecule has 0 N–H and O–H groups in total. The Balaban J connectivity index is 0.000000235. The van der Waals surface area contributed by atoms with E-state index in [9.17, 15) is 58.5 Å². The van der Waals surface area contributed by atoms with Gasteiger partial charge in [0.2, 0.25) is 0 Å². The molecule has 3 aromatic carbocycles. The van der Waals surface area contributed by atoms with Crippen molar-refractivity contribution in [2.75, 3.05) is 0 Å². The number of hydrogen-bond acceptors (Lipinski definition) is 18. The Hall–Kier alpha value is -7.93. The Morgan fingerprint density at radius 2 is 0.603 bits per heavy atom. The summed E-state index contributed by atoms with van der Waals surface area (Å²) >= 11 is 5.36. The van der Waals surface area contributed by atoms with Gasteiger partial charge in [0.15, 0.2) is 17.3 Å². The minimum Gasteiger partial charge on any atom is -0.542 e. The van der Waals surface area contributed by atoms with Crippen LogP contribution in [0.3, 0.4) is 0 Å². The van der Waals surface area contributed by atoms with Crippen molar-refractivity contribution in [1.29, 1.82) is 0 Å². The van der Waals surface area contributed by atoms with E-state index in [1.54, 1.807) is 34.0 Å². The first-order valence-corrected chi connectivity index (χ1v) is 23.8. The van der Waals surface area contributed by atoms with Crippen molar-refractivity contribution in [2.24, 2.45) is 0 Å². The fraction of sp³-hybridized carbons (Fsp3) is 0.111. The summed E-state index contributed by atoms with van der Waals surface area (Å²) in [5.74, 6) is -10.3. The van der Waals surface area contributed by atoms with Crippen molar-refractivity contribution in [2.45, 2.75) is 40.0 Å². The third-order valence-corrected chi connectivity index (χ3v) is 12.4. The standard InChI is InChI=1S/3C13H9NS.3C5H6O4.Ir/c3*1-2-7-12-10(5-1)9-13(15-12)11-6-3-4-8-14-11;3*1-3(6)2-4(7)5(8)9;/h3*1-9H;3*2H2,1H3,(H,8,9);/q;;;;;;+3/p-3. The Labute approximate surface area is 443 Å².